The highest BCUT2D eigenvalue weighted by molar-refractivity contribution is 6.02. The number of hydrogen-bond donors (Lipinski definition) is 1. The maximum atomic E-state index is 12.8. The lowest BCUT2D eigenvalue weighted by molar-refractivity contribution is -0.177. The number of nitrogens with zero attached hydrogens (tertiary/aromatic N) is 2. The molecule has 1 fully saturated rings. The van der Waals surface area contributed by atoms with Crippen LogP contribution in [0.2, 0.25) is 0 Å². The number of amides is 2. The third-order valence-corrected chi connectivity index (χ3v) is 4.32. The lowest BCUT2D eigenvalue weighted by Crippen LogP contribution is -2.55. The van der Waals surface area contributed by atoms with Crippen molar-refractivity contribution in [2.75, 3.05) is 25.1 Å². The number of carbonyl (C=O) groups excluding carboxylic acids is 3. The van der Waals surface area contributed by atoms with E-state index in [-0.39, 0.29) is 19.1 Å². The highest BCUT2D eigenvalue weighted by atomic mass is 16.6. The Morgan fingerprint density at radius 1 is 1.35 bits per heavy atom. The number of anilines is 1. The molecule has 0 saturated carbocycles. The van der Waals surface area contributed by atoms with Crippen molar-refractivity contribution < 1.29 is 33.8 Å². The molecule has 2 atom stereocenters. The van der Waals surface area contributed by atoms with Crippen molar-refractivity contribution in [2.45, 2.75) is 25.7 Å². The molecule has 2 aliphatic rings. The smallest absolute Gasteiger partial charge is 0.348 e. The Labute approximate surface area is 149 Å². The largest absolute Gasteiger partial charge is 0.478 e. The van der Waals surface area contributed by atoms with Crippen LogP contribution in [0, 0.1) is 0 Å². The van der Waals surface area contributed by atoms with Gasteiger partial charge in [0.25, 0.3) is 11.8 Å². The van der Waals surface area contributed by atoms with Gasteiger partial charge >= 0.3 is 11.9 Å². The van der Waals surface area contributed by atoms with Crippen LogP contribution < -0.4 is 4.90 Å². The third kappa shape index (κ3) is 3.13. The molecule has 0 radical (unpaired) electrons. The highest BCUT2D eigenvalue weighted by Crippen LogP contribution is 2.28. The monoisotopic (exact) mass is 362 g/mol. The minimum atomic E-state index is -1.72. The van der Waals surface area contributed by atoms with Crippen LogP contribution in [0.15, 0.2) is 18.2 Å². The van der Waals surface area contributed by atoms with E-state index in [0.717, 1.165) is 12.5 Å². The zero-order valence-electron chi connectivity index (χ0n) is 14.3. The van der Waals surface area contributed by atoms with Gasteiger partial charge in [-0.1, -0.05) is 0 Å². The minimum Gasteiger partial charge on any atom is -0.478 e. The van der Waals surface area contributed by atoms with E-state index in [9.17, 15) is 24.3 Å². The first-order valence-corrected chi connectivity index (χ1v) is 8.01. The number of morpholine rings is 1. The van der Waals surface area contributed by atoms with E-state index < -0.39 is 30.1 Å². The zero-order valence-corrected chi connectivity index (χ0v) is 14.3. The fraction of sp³-hybridized carbons (Fsp3) is 0.412. The molecule has 26 heavy (non-hydrogen) atoms. The highest BCUT2D eigenvalue weighted by Gasteiger charge is 2.42. The van der Waals surface area contributed by atoms with Crippen molar-refractivity contribution >= 4 is 29.4 Å². The van der Waals surface area contributed by atoms with Gasteiger partial charge in [-0.05, 0) is 23.8 Å². The maximum Gasteiger partial charge on any atom is 0.348 e. The summed E-state index contributed by atoms with van der Waals surface area (Å²) in [6, 6.07) is 5.02. The van der Waals surface area contributed by atoms with Gasteiger partial charge in [0, 0.05) is 38.3 Å². The van der Waals surface area contributed by atoms with Crippen LogP contribution in [0.5, 0.6) is 0 Å². The summed E-state index contributed by atoms with van der Waals surface area (Å²) < 4.78 is 10.0. The van der Waals surface area contributed by atoms with Crippen LogP contribution in [0.4, 0.5) is 5.69 Å². The van der Waals surface area contributed by atoms with Crippen molar-refractivity contribution in [3.05, 3.63) is 29.3 Å². The Hall–Kier alpha value is -2.94. The topological polar surface area (TPSA) is 113 Å². The Kier molecular flexibility index (Phi) is 4.64. The third-order valence-electron chi connectivity index (χ3n) is 4.32. The Morgan fingerprint density at radius 2 is 2.08 bits per heavy atom. The van der Waals surface area contributed by atoms with Gasteiger partial charge in [0.2, 0.25) is 6.10 Å². The zero-order chi connectivity index (χ0) is 19.0. The van der Waals surface area contributed by atoms with Crippen molar-refractivity contribution in [3.8, 4) is 0 Å². The Balaban J connectivity index is 1.86. The molecule has 2 amide bonds. The number of carboxylic acids is 1. The minimum absolute atomic E-state index is 0.0847. The van der Waals surface area contributed by atoms with Crippen LogP contribution >= 0.6 is 0 Å². The molecule has 1 unspecified atom stereocenters. The maximum absolute atomic E-state index is 12.8. The molecule has 9 heteroatoms. The molecule has 0 spiro atoms. The van der Waals surface area contributed by atoms with E-state index in [2.05, 4.69) is 0 Å². The van der Waals surface area contributed by atoms with Gasteiger partial charge in [0.15, 0.2) is 6.10 Å². The van der Waals surface area contributed by atoms with Crippen LogP contribution in [0.25, 0.3) is 0 Å². The van der Waals surface area contributed by atoms with E-state index in [1.807, 2.05) is 0 Å². The quantitative estimate of drug-likeness (QED) is 0.751. The number of carbonyl (C=O) groups is 4. The Morgan fingerprint density at radius 3 is 2.73 bits per heavy atom. The molecule has 138 valence electrons. The second-order valence-electron chi connectivity index (χ2n) is 6.15. The molecule has 0 aromatic heterocycles. The summed E-state index contributed by atoms with van der Waals surface area (Å²) in [5.74, 6) is -2.97. The van der Waals surface area contributed by atoms with E-state index in [0.29, 0.717) is 17.8 Å². The van der Waals surface area contributed by atoms with Gasteiger partial charge < -0.3 is 24.4 Å². The molecular formula is C17H18N2O7. The fourth-order valence-electron chi connectivity index (χ4n) is 3.12. The molecule has 1 aromatic rings. The van der Waals surface area contributed by atoms with Crippen LogP contribution in [-0.2, 0) is 30.4 Å². The summed E-state index contributed by atoms with van der Waals surface area (Å²) in [5, 5.41) is 9.26. The first-order chi connectivity index (χ1) is 12.3. The number of ether oxygens (including phenoxy) is 2. The summed E-state index contributed by atoms with van der Waals surface area (Å²) in [6.07, 6.45) is -3.15. The normalized spacial score (nSPS) is 20.8. The Bertz CT molecular complexity index is 791. The van der Waals surface area contributed by atoms with E-state index in [1.165, 1.54) is 4.90 Å². The molecule has 0 aliphatic carbocycles. The van der Waals surface area contributed by atoms with Crippen molar-refractivity contribution in [1.82, 2.24) is 4.90 Å². The molecule has 0 bridgehead atoms. The van der Waals surface area contributed by atoms with Gasteiger partial charge in [-0.15, -0.1) is 0 Å². The average Bonchev–Trinajstić information content (AvgIpc) is 2.86. The molecular weight excluding hydrogens is 344 g/mol. The second kappa shape index (κ2) is 6.75. The summed E-state index contributed by atoms with van der Waals surface area (Å²) in [7, 11) is 1.69. The van der Waals surface area contributed by atoms with E-state index in [4.69, 9.17) is 9.47 Å². The number of carboxylic acid groups (broad SMARTS) is 1. The summed E-state index contributed by atoms with van der Waals surface area (Å²) in [4.78, 5) is 50.2. The number of rotatable bonds is 4. The van der Waals surface area contributed by atoms with Crippen LogP contribution in [0.1, 0.15) is 22.8 Å². The molecule has 9 nitrogen and oxygen atoms in total. The summed E-state index contributed by atoms with van der Waals surface area (Å²) in [6.45, 7) is 1.83. The van der Waals surface area contributed by atoms with Crippen molar-refractivity contribution in [2.24, 2.45) is 0 Å². The predicted molar refractivity (Wildman–Crippen MR) is 87.5 cm³/mol. The number of hydrogen-bond acceptors (Lipinski definition) is 6. The molecule has 2 heterocycles. The summed E-state index contributed by atoms with van der Waals surface area (Å²) >= 11 is 0. The molecule has 1 N–H and O–H groups in total. The van der Waals surface area contributed by atoms with Gasteiger partial charge in [0.05, 0.1) is 6.61 Å². The van der Waals surface area contributed by atoms with Crippen LogP contribution in [0.3, 0.4) is 0 Å². The molecule has 3 rings (SSSR count). The van der Waals surface area contributed by atoms with Crippen molar-refractivity contribution in [1.29, 1.82) is 0 Å². The van der Waals surface area contributed by atoms with Gasteiger partial charge in [-0.2, -0.15) is 0 Å². The number of benzene rings is 1. The first kappa shape index (κ1) is 17.9. The number of fused-ring (bicyclic) bond motifs is 1. The van der Waals surface area contributed by atoms with Gasteiger partial charge in [-0.3, -0.25) is 14.4 Å². The van der Waals surface area contributed by atoms with Crippen molar-refractivity contribution in [3.63, 3.8) is 0 Å². The standard InChI is InChI=1S/C17H18N2O7/c1-9(20)26-14(17(23)24)13-16(22)19(5-6-25-13)11-3-4-12-10(7-11)8-18(2)15(12)21/h3-4,7,13-14H,5-6,8H2,1-2H3,(H,23,24)/t13?,14-/m1/s1. The van der Waals surface area contributed by atoms with Gasteiger partial charge in [0.1, 0.15) is 0 Å². The van der Waals surface area contributed by atoms with E-state index in [1.54, 1.807) is 30.1 Å². The lowest BCUT2D eigenvalue weighted by Gasteiger charge is -2.34. The van der Waals surface area contributed by atoms with Gasteiger partial charge in [-0.25, -0.2) is 4.79 Å². The fourth-order valence-corrected chi connectivity index (χ4v) is 3.12. The number of esters is 1. The molecule has 2 aliphatic heterocycles. The van der Waals surface area contributed by atoms with E-state index >= 15 is 0 Å². The SMILES string of the molecule is CC(=O)O[C@@H](C(=O)O)C1OCCN(c2ccc3c(c2)CN(C)C3=O)C1=O. The predicted octanol–water partition coefficient (Wildman–Crippen LogP) is 0.0203. The first-order valence-electron chi connectivity index (χ1n) is 8.01. The summed E-state index contributed by atoms with van der Waals surface area (Å²) in [5.41, 5.74) is 1.91. The lowest BCUT2D eigenvalue weighted by atomic mass is 10.1. The molecule has 1 aromatic carbocycles. The number of aliphatic carboxylic acids is 1. The molecule has 1 saturated heterocycles. The van der Waals surface area contributed by atoms with Crippen LogP contribution in [-0.4, -0.2) is 66.2 Å². The average molecular weight is 362 g/mol. The second-order valence-corrected chi connectivity index (χ2v) is 6.15.